The number of carbonyl (C=O) groups is 1. The molecule has 0 amide bonds. The van der Waals surface area contributed by atoms with Crippen LogP contribution in [-0.4, -0.2) is 35.7 Å². The van der Waals surface area contributed by atoms with E-state index in [1.54, 1.807) is 0 Å². The first-order valence-corrected chi connectivity index (χ1v) is 4.40. The van der Waals surface area contributed by atoms with Crippen molar-refractivity contribution in [2.45, 2.75) is 26.6 Å². The molecular formula is C9H16O5. The zero-order valence-electron chi connectivity index (χ0n) is 8.40. The van der Waals surface area contributed by atoms with Gasteiger partial charge in [-0.3, -0.25) is 0 Å². The lowest BCUT2D eigenvalue weighted by atomic mass is 10.3. The van der Waals surface area contributed by atoms with Gasteiger partial charge in [-0.25, -0.2) is 4.79 Å². The second kappa shape index (κ2) is 7.34. The summed E-state index contributed by atoms with van der Waals surface area (Å²) >= 11 is 0. The molecule has 5 heteroatoms. The summed E-state index contributed by atoms with van der Waals surface area (Å²) in [6.07, 6.45) is 0.644. The van der Waals surface area contributed by atoms with Crippen LogP contribution >= 0.6 is 0 Å². The molecule has 5 nitrogen and oxygen atoms in total. The average Bonchev–Trinajstić information content (AvgIpc) is 2.17. The van der Waals surface area contributed by atoms with Crippen LogP contribution in [0.2, 0.25) is 0 Å². The maximum atomic E-state index is 11.1. The van der Waals surface area contributed by atoms with Gasteiger partial charge in [0.15, 0.2) is 0 Å². The molecule has 1 atom stereocenters. The molecule has 0 aromatic carbocycles. The van der Waals surface area contributed by atoms with E-state index in [9.17, 15) is 4.79 Å². The Morgan fingerprint density at radius 3 is 2.71 bits per heavy atom. The zero-order chi connectivity index (χ0) is 11.0. The zero-order valence-corrected chi connectivity index (χ0v) is 8.40. The van der Waals surface area contributed by atoms with Gasteiger partial charge >= 0.3 is 5.97 Å². The topological polar surface area (TPSA) is 76.0 Å². The lowest BCUT2D eigenvalue weighted by Crippen LogP contribution is -2.21. The molecule has 82 valence electrons. The fraction of sp³-hybridized carbons (Fsp3) is 0.667. The smallest absolute Gasteiger partial charge is 0.339 e. The molecule has 0 aromatic heterocycles. The summed E-state index contributed by atoms with van der Waals surface area (Å²) in [5.41, 5.74) is 0.242. The van der Waals surface area contributed by atoms with Crippen molar-refractivity contribution in [3.8, 4) is 0 Å². The lowest BCUT2D eigenvalue weighted by Gasteiger charge is -2.08. The maximum Gasteiger partial charge on any atom is 0.339 e. The van der Waals surface area contributed by atoms with Crippen molar-refractivity contribution >= 4 is 5.97 Å². The van der Waals surface area contributed by atoms with E-state index in [1.165, 1.54) is 13.2 Å². The van der Waals surface area contributed by atoms with Crippen LogP contribution in [0.3, 0.4) is 0 Å². The van der Waals surface area contributed by atoms with Crippen molar-refractivity contribution < 1.29 is 24.5 Å². The first kappa shape index (κ1) is 12.9. The van der Waals surface area contributed by atoms with Crippen molar-refractivity contribution in [1.82, 2.24) is 0 Å². The van der Waals surface area contributed by atoms with E-state index in [4.69, 9.17) is 14.9 Å². The van der Waals surface area contributed by atoms with Gasteiger partial charge in [-0.05, 0) is 13.3 Å². The number of rotatable bonds is 6. The standard InChI is InChI=1S/C9H16O5/c1-3-4-13-6-7(2)9(12)14-8(11)5-10/h6,8,10-11H,3-5H2,1-2H3/b7-6+. The van der Waals surface area contributed by atoms with Gasteiger partial charge in [-0.1, -0.05) is 6.92 Å². The molecular weight excluding hydrogens is 188 g/mol. The van der Waals surface area contributed by atoms with Crippen LogP contribution < -0.4 is 0 Å². The monoisotopic (exact) mass is 204 g/mol. The first-order chi connectivity index (χ1) is 6.61. The van der Waals surface area contributed by atoms with Gasteiger partial charge in [-0.2, -0.15) is 0 Å². The van der Waals surface area contributed by atoms with Crippen LogP contribution in [0.4, 0.5) is 0 Å². The third-order valence-electron chi connectivity index (χ3n) is 1.30. The van der Waals surface area contributed by atoms with Gasteiger partial charge in [0, 0.05) is 0 Å². The van der Waals surface area contributed by atoms with Gasteiger partial charge in [0.2, 0.25) is 6.29 Å². The Hall–Kier alpha value is -1.07. The van der Waals surface area contributed by atoms with Crippen LogP contribution in [0, 0.1) is 0 Å². The van der Waals surface area contributed by atoms with E-state index in [0.29, 0.717) is 6.61 Å². The number of esters is 1. The largest absolute Gasteiger partial charge is 0.501 e. The summed E-state index contributed by atoms with van der Waals surface area (Å²) in [6, 6.07) is 0. The Balaban J connectivity index is 3.91. The summed E-state index contributed by atoms with van der Waals surface area (Å²) in [7, 11) is 0. The number of aliphatic hydroxyl groups excluding tert-OH is 2. The van der Waals surface area contributed by atoms with E-state index < -0.39 is 18.9 Å². The Bertz CT molecular complexity index is 199. The third kappa shape index (κ3) is 5.55. The fourth-order valence-electron chi connectivity index (χ4n) is 0.604. The Kier molecular flexibility index (Phi) is 6.78. The molecule has 0 aliphatic carbocycles. The molecule has 0 spiro atoms. The second-order valence-electron chi connectivity index (χ2n) is 2.71. The first-order valence-electron chi connectivity index (χ1n) is 4.40. The molecule has 0 aliphatic heterocycles. The van der Waals surface area contributed by atoms with Crippen molar-refractivity contribution in [2.75, 3.05) is 13.2 Å². The number of carbonyl (C=O) groups excluding carboxylic acids is 1. The van der Waals surface area contributed by atoms with Gasteiger partial charge in [0.25, 0.3) is 0 Å². The van der Waals surface area contributed by atoms with Crippen LogP contribution in [0.25, 0.3) is 0 Å². The third-order valence-corrected chi connectivity index (χ3v) is 1.30. The number of ether oxygens (including phenoxy) is 2. The molecule has 14 heavy (non-hydrogen) atoms. The minimum absolute atomic E-state index is 0.242. The minimum Gasteiger partial charge on any atom is -0.501 e. The van der Waals surface area contributed by atoms with Crippen molar-refractivity contribution in [1.29, 1.82) is 0 Å². The molecule has 0 bridgehead atoms. The number of hydrogen-bond donors (Lipinski definition) is 2. The quantitative estimate of drug-likeness (QED) is 0.212. The summed E-state index contributed by atoms with van der Waals surface area (Å²) in [4.78, 5) is 11.1. The molecule has 2 N–H and O–H groups in total. The van der Waals surface area contributed by atoms with Crippen LogP contribution in [0.15, 0.2) is 11.8 Å². The van der Waals surface area contributed by atoms with Gasteiger partial charge < -0.3 is 19.7 Å². The molecule has 0 fully saturated rings. The molecule has 0 saturated carbocycles. The highest BCUT2D eigenvalue weighted by Crippen LogP contribution is 1.99. The van der Waals surface area contributed by atoms with Gasteiger partial charge in [-0.15, -0.1) is 0 Å². The SMILES string of the molecule is CCCO/C=C(\C)C(=O)OC(O)CO. The van der Waals surface area contributed by atoms with Crippen LogP contribution in [0.1, 0.15) is 20.3 Å². The second-order valence-corrected chi connectivity index (χ2v) is 2.71. The molecule has 0 rings (SSSR count). The minimum atomic E-state index is -1.47. The molecule has 0 radical (unpaired) electrons. The highest BCUT2D eigenvalue weighted by molar-refractivity contribution is 5.87. The maximum absolute atomic E-state index is 11.1. The van der Waals surface area contributed by atoms with E-state index in [2.05, 4.69) is 4.74 Å². The fourth-order valence-corrected chi connectivity index (χ4v) is 0.604. The van der Waals surface area contributed by atoms with Crippen molar-refractivity contribution in [3.63, 3.8) is 0 Å². The summed E-state index contributed by atoms with van der Waals surface area (Å²) in [5, 5.41) is 17.2. The highest BCUT2D eigenvalue weighted by Gasteiger charge is 2.11. The van der Waals surface area contributed by atoms with Gasteiger partial charge in [0.05, 0.1) is 18.4 Å². The summed E-state index contributed by atoms with van der Waals surface area (Å²) < 4.78 is 9.38. The van der Waals surface area contributed by atoms with Gasteiger partial charge in [0.1, 0.15) is 6.61 Å². The van der Waals surface area contributed by atoms with E-state index in [1.807, 2.05) is 6.92 Å². The van der Waals surface area contributed by atoms with E-state index in [-0.39, 0.29) is 5.57 Å². The number of hydrogen-bond acceptors (Lipinski definition) is 5. The highest BCUT2D eigenvalue weighted by atomic mass is 16.6. The average molecular weight is 204 g/mol. The molecule has 0 aliphatic rings. The van der Waals surface area contributed by atoms with Crippen LogP contribution in [-0.2, 0) is 14.3 Å². The Morgan fingerprint density at radius 1 is 1.57 bits per heavy atom. The molecule has 0 aromatic rings. The van der Waals surface area contributed by atoms with Crippen molar-refractivity contribution in [3.05, 3.63) is 11.8 Å². The number of aliphatic hydroxyl groups is 2. The summed E-state index contributed by atoms with van der Waals surface area (Å²) in [5.74, 6) is -0.706. The molecule has 1 unspecified atom stereocenters. The lowest BCUT2D eigenvalue weighted by molar-refractivity contribution is -0.168. The Morgan fingerprint density at radius 2 is 2.21 bits per heavy atom. The van der Waals surface area contributed by atoms with E-state index in [0.717, 1.165) is 6.42 Å². The molecule has 0 heterocycles. The van der Waals surface area contributed by atoms with Crippen LogP contribution in [0.5, 0.6) is 0 Å². The molecule has 0 saturated heterocycles. The summed E-state index contributed by atoms with van der Waals surface area (Å²) in [6.45, 7) is 3.35. The normalized spacial score (nSPS) is 13.6. The van der Waals surface area contributed by atoms with E-state index >= 15 is 0 Å². The predicted molar refractivity (Wildman–Crippen MR) is 49.2 cm³/mol. The predicted octanol–water partition coefficient (Wildman–Crippen LogP) is 0.171. The van der Waals surface area contributed by atoms with Crippen molar-refractivity contribution in [2.24, 2.45) is 0 Å². The Labute approximate surface area is 82.9 Å².